The molecule has 0 aliphatic heterocycles. The third kappa shape index (κ3) is 3.32. The zero-order valence-electron chi connectivity index (χ0n) is 11.3. The van der Waals surface area contributed by atoms with Gasteiger partial charge in [-0.2, -0.15) is 0 Å². The summed E-state index contributed by atoms with van der Waals surface area (Å²) in [6.07, 6.45) is 0. The number of non-ortho nitro benzene ring substituents is 1. The summed E-state index contributed by atoms with van der Waals surface area (Å²) in [4.78, 5) is 22.2. The van der Waals surface area contributed by atoms with E-state index in [9.17, 15) is 19.3 Å². The van der Waals surface area contributed by atoms with Crippen LogP contribution in [0.3, 0.4) is 0 Å². The van der Waals surface area contributed by atoms with Crippen LogP contribution in [0.25, 0.3) is 0 Å². The molecule has 2 aromatic rings. The maximum Gasteiger partial charge on any atom is 0.270 e. The Morgan fingerprint density at radius 1 is 1.32 bits per heavy atom. The number of nitro benzene ring substituents is 1. The first kappa shape index (κ1) is 15.7. The molecule has 1 amide bonds. The summed E-state index contributed by atoms with van der Waals surface area (Å²) in [7, 11) is 1.34. The summed E-state index contributed by atoms with van der Waals surface area (Å²) in [5.74, 6) is -0.959. The summed E-state index contributed by atoms with van der Waals surface area (Å²) < 4.78 is 18.1. The van der Waals surface area contributed by atoms with Gasteiger partial charge in [0.2, 0.25) is 0 Å². The Bertz CT molecular complexity index is 752. The maximum atomic E-state index is 13.1. The number of nitro groups is 1. The normalized spacial score (nSPS) is 10.1. The molecule has 0 aliphatic rings. The number of benzene rings is 2. The van der Waals surface area contributed by atoms with Crippen LogP contribution in [-0.2, 0) is 0 Å². The van der Waals surface area contributed by atoms with Gasteiger partial charge >= 0.3 is 0 Å². The third-order valence-electron chi connectivity index (χ3n) is 2.82. The number of carbonyl (C=O) groups excluding carboxylic acids is 1. The second-order valence-electron chi connectivity index (χ2n) is 4.22. The summed E-state index contributed by atoms with van der Waals surface area (Å²) in [6, 6.07) is 7.11. The number of anilines is 1. The van der Waals surface area contributed by atoms with Gasteiger partial charge in [0.1, 0.15) is 11.6 Å². The smallest absolute Gasteiger partial charge is 0.270 e. The molecule has 22 heavy (non-hydrogen) atoms. The second-order valence-corrected chi connectivity index (χ2v) is 4.63. The lowest BCUT2D eigenvalue weighted by molar-refractivity contribution is -0.384. The molecule has 0 saturated carbocycles. The van der Waals surface area contributed by atoms with Gasteiger partial charge in [0, 0.05) is 18.2 Å². The van der Waals surface area contributed by atoms with E-state index < -0.39 is 16.6 Å². The minimum atomic E-state index is -0.615. The van der Waals surface area contributed by atoms with Gasteiger partial charge in [0.15, 0.2) is 0 Å². The van der Waals surface area contributed by atoms with Gasteiger partial charge in [-0.15, -0.1) is 0 Å². The van der Waals surface area contributed by atoms with Crippen molar-refractivity contribution in [3.8, 4) is 5.75 Å². The molecule has 6 nitrogen and oxygen atoms in total. The minimum absolute atomic E-state index is 0.0543. The fraction of sp³-hybridized carbons (Fsp3) is 0.0714. The highest BCUT2D eigenvalue weighted by atomic mass is 35.5. The highest BCUT2D eigenvalue weighted by Gasteiger charge is 2.16. The zero-order chi connectivity index (χ0) is 16.3. The van der Waals surface area contributed by atoms with E-state index in [2.05, 4.69) is 5.32 Å². The van der Waals surface area contributed by atoms with Gasteiger partial charge in [-0.3, -0.25) is 14.9 Å². The predicted molar refractivity (Wildman–Crippen MR) is 79.0 cm³/mol. The van der Waals surface area contributed by atoms with Crippen LogP contribution >= 0.6 is 11.6 Å². The lowest BCUT2D eigenvalue weighted by Crippen LogP contribution is -2.13. The van der Waals surface area contributed by atoms with E-state index in [1.165, 1.54) is 25.3 Å². The van der Waals surface area contributed by atoms with Crippen molar-refractivity contribution in [3.63, 3.8) is 0 Å². The van der Waals surface area contributed by atoms with Gasteiger partial charge in [0.05, 0.1) is 28.3 Å². The van der Waals surface area contributed by atoms with Crippen molar-refractivity contribution in [1.29, 1.82) is 0 Å². The van der Waals surface area contributed by atoms with E-state index >= 15 is 0 Å². The number of hydrogen-bond acceptors (Lipinski definition) is 4. The van der Waals surface area contributed by atoms with E-state index in [1.54, 1.807) is 0 Å². The Morgan fingerprint density at radius 2 is 2.05 bits per heavy atom. The Labute approximate surface area is 129 Å². The highest BCUT2D eigenvalue weighted by molar-refractivity contribution is 6.34. The summed E-state index contributed by atoms with van der Waals surface area (Å²) >= 11 is 5.88. The second kappa shape index (κ2) is 6.40. The Balaban J connectivity index is 2.28. The molecule has 0 radical (unpaired) electrons. The maximum absolute atomic E-state index is 13.1. The monoisotopic (exact) mass is 324 g/mol. The van der Waals surface area contributed by atoms with Crippen LogP contribution in [0.2, 0.25) is 5.02 Å². The van der Waals surface area contributed by atoms with Crippen molar-refractivity contribution in [2.45, 2.75) is 0 Å². The molecule has 0 atom stereocenters. The standard InChI is InChI=1S/C14H10ClFN2O4/c1-22-13-6-8(16)2-5-12(13)17-14(19)10-4-3-9(18(20)21)7-11(10)15/h2-7H,1H3,(H,17,19). The molecule has 0 aromatic heterocycles. The van der Waals surface area contributed by atoms with Crippen molar-refractivity contribution in [2.75, 3.05) is 12.4 Å². The molecule has 0 saturated heterocycles. The van der Waals surface area contributed by atoms with E-state index in [1.807, 2.05) is 0 Å². The third-order valence-corrected chi connectivity index (χ3v) is 3.13. The fourth-order valence-corrected chi connectivity index (χ4v) is 2.02. The molecule has 0 heterocycles. The molecule has 2 aromatic carbocycles. The van der Waals surface area contributed by atoms with Crippen molar-refractivity contribution in [2.24, 2.45) is 0 Å². The number of hydrogen-bond donors (Lipinski definition) is 1. The SMILES string of the molecule is COc1cc(F)ccc1NC(=O)c1ccc([N+](=O)[O-])cc1Cl. The molecule has 0 aliphatic carbocycles. The zero-order valence-corrected chi connectivity index (χ0v) is 12.1. The molecule has 114 valence electrons. The average Bonchev–Trinajstić information content (AvgIpc) is 2.48. The number of ether oxygens (including phenoxy) is 1. The van der Waals surface area contributed by atoms with E-state index in [4.69, 9.17) is 16.3 Å². The molecule has 1 N–H and O–H groups in total. The van der Waals surface area contributed by atoms with Crippen molar-refractivity contribution in [3.05, 3.63) is 62.9 Å². The quantitative estimate of drug-likeness (QED) is 0.687. The van der Waals surface area contributed by atoms with Crippen LogP contribution in [0.15, 0.2) is 36.4 Å². The number of nitrogens with one attached hydrogen (secondary N) is 1. The van der Waals surface area contributed by atoms with Crippen molar-refractivity contribution < 1.29 is 18.8 Å². The first-order valence-corrected chi connectivity index (χ1v) is 6.39. The van der Waals surface area contributed by atoms with Crippen LogP contribution in [0.4, 0.5) is 15.8 Å². The molecule has 8 heteroatoms. The van der Waals surface area contributed by atoms with Crippen LogP contribution in [0, 0.1) is 15.9 Å². The van der Waals surface area contributed by atoms with Crippen molar-refractivity contribution in [1.82, 2.24) is 0 Å². The lowest BCUT2D eigenvalue weighted by Gasteiger charge is -2.10. The fourth-order valence-electron chi connectivity index (χ4n) is 1.76. The molecular weight excluding hydrogens is 315 g/mol. The lowest BCUT2D eigenvalue weighted by atomic mass is 10.2. The number of amides is 1. The minimum Gasteiger partial charge on any atom is -0.494 e. The predicted octanol–water partition coefficient (Wildman–Crippen LogP) is 3.65. The summed E-state index contributed by atoms with van der Waals surface area (Å²) in [5.41, 5.74) is 0.0860. The summed E-state index contributed by atoms with van der Waals surface area (Å²) in [5, 5.41) is 13.1. The molecule has 0 fully saturated rings. The van der Waals surface area contributed by atoms with Crippen LogP contribution in [-0.4, -0.2) is 17.9 Å². The van der Waals surface area contributed by atoms with Gasteiger partial charge in [0.25, 0.3) is 11.6 Å². The molecule has 2 rings (SSSR count). The molecule has 0 bridgehead atoms. The molecule has 0 spiro atoms. The van der Waals surface area contributed by atoms with Crippen LogP contribution in [0.1, 0.15) is 10.4 Å². The van der Waals surface area contributed by atoms with Gasteiger partial charge in [-0.1, -0.05) is 11.6 Å². The van der Waals surface area contributed by atoms with Gasteiger partial charge in [-0.05, 0) is 18.2 Å². The number of rotatable bonds is 4. The number of nitrogens with zero attached hydrogens (tertiary/aromatic N) is 1. The van der Waals surface area contributed by atoms with Gasteiger partial charge in [-0.25, -0.2) is 4.39 Å². The Morgan fingerprint density at radius 3 is 2.64 bits per heavy atom. The highest BCUT2D eigenvalue weighted by Crippen LogP contribution is 2.27. The van der Waals surface area contributed by atoms with E-state index in [-0.39, 0.29) is 27.7 Å². The Kier molecular flexibility index (Phi) is 4.57. The molecule has 0 unspecified atom stereocenters. The van der Waals surface area contributed by atoms with E-state index in [0.29, 0.717) is 0 Å². The summed E-state index contributed by atoms with van der Waals surface area (Å²) in [6.45, 7) is 0. The van der Waals surface area contributed by atoms with Crippen LogP contribution < -0.4 is 10.1 Å². The number of carbonyl (C=O) groups is 1. The van der Waals surface area contributed by atoms with Crippen LogP contribution in [0.5, 0.6) is 5.75 Å². The first-order valence-electron chi connectivity index (χ1n) is 6.01. The number of methoxy groups -OCH3 is 1. The van der Waals surface area contributed by atoms with Gasteiger partial charge < -0.3 is 10.1 Å². The Hall–Kier alpha value is -2.67. The molecular formula is C14H10ClFN2O4. The average molecular weight is 325 g/mol. The number of halogens is 2. The first-order chi connectivity index (χ1) is 10.4. The largest absolute Gasteiger partial charge is 0.494 e. The van der Waals surface area contributed by atoms with Crippen molar-refractivity contribution >= 4 is 28.9 Å². The topological polar surface area (TPSA) is 81.5 Å². The van der Waals surface area contributed by atoms with E-state index in [0.717, 1.165) is 18.2 Å².